The summed E-state index contributed by atoms with van der Waals surface area (Å²) in [5.74, 6) is -1.06. The maximum absolute atomic E-state index is 13.0. The van der Waals surface area contributed by atoms with Crippen LogP contribution >= 0.6 is 28.3 Å². The van der Waals surface area contributed by atoms with Crippen molar-refractivity contribution < 1.29 is 9.50 Å². The number of benzene rings is 1. The first-order valence-electron chi connectivity index (χ1n) is 4.11. The number of aromatic hydroxyl groups is 1. The Hall–Kier alpha value is -0.580. The van der Waals surface area contributed by atoms with Gasteiger partial charge in [0, 0.05) is 16.1 Å². The summed E-state index contributed by atoms with van der Waals surface area (Å²) in [6.07, 6.45) is 2.11. The van der Waals surface area contributed by atoms with Crippen LogP contribution in [0.1, 0.15) is 18.0 Å². The van der Waals surface area contributed by atoms with Gasteiger partial charge in [0.2, 0.25) is 0 Å². The van der Waals surface area contributed by atoms with Gasteiger partial charge in [-0.1, -0.05) is 22.0 Å². The molecule has 84 valence electrons. The number of phenolic OH excluding ortho intramolecular Hbond substituents is 1. The molecule has 0 radical (unpaired) electrons. The highest BCUT2D eigenvalue weighted by Gasteiger charge is 2.16. The molecule has 0 aromatic heterocycles. The van der Waals surface area contributed by atoms with Gasteiger partial charge in [-0.05, 0) is 18.6 Å². The van der Waals surface area contributed by atoms with Gasteiger partial charge < -0.3 is 10.8 Å². The van der Waals surface area contributed by atoms with E-state index in [4.69, 9.17) is 5.73 Å². The van der Waals surface area contributed by atoms with Crippen LogP contribution in [-0.2, 0) is 0 Å². The van der Waals surface area contributed by atoms with Crippen LogP contribution < -0.4 is 5.73 Å². The average Bonchev–Trinajstić information content (AvgIpc) is 2.13. The third-order valence-corrected chi connectivity index (χ3v) is 2.60. The molecule has 2 nitrogen and oxygen atoms in total. The predicted octanol–water partition coefficient (Wildman–Crippen LogP) is 3.29. The van der Waals surface area contributed by atoms with Gasteiger partial charge >= 0.3 is 0 Å². The summed E-state index contributed by atoms with van der Waals surface area (Å²) in [6.45, 7) is 3.54. The van der Waals surface area contributed by atoms with Crippen molar-refractivity contribution in [3.63, 3.8) is 0 Å². The summed E-state index contributed by atoms with van der Waals surface area (Å²) in [5.41, 5.74) is 6.13. The number of nitrogens with two attached hydrogens (primary N) is 1. The molecule has 0 fully saturated rings. The molecule has 0 spiro atoms. The van der Waals surface area contributed by atoms with E-state index in [-0.39, 0.29) is 12.4 Å². The Kier molecular flexibility index (Phi) is 5.87. The lowest BCUT2D eigenvalue weighted by Gasteiger charge is -2.13. The predicted molar refractivity (Wildman–Crippen MR) is 64.8 cm³/mol. The first-order chi connectivity index (χ1) is 6.57. The van der Waals surface area contributed by atoms with E-state index in [2.05, 4.69) is 22.5 Å². The van der Waals surface area contributed by atoms with E-state index < -0.39 is 17.6 Å². The summed E-state index contributed by atoms with van der Waals surface area (Å²) >= 11 is 3.21. The number of halogens is 3. The Morgan fingerprint density at radius 1 is 1.60 bits per heavy atom. The van der Waals surface area contributed by atoms with E-state index in [9.17, 15) is 9.50 Å². The topological polar surface area (TPSA) is 46.2 Å². The summed E-state index contributed by atoms with van der Waals surface area (Å²) in [4.78, 5) is 0. The quantitative estimate of drug-likeness (QED) is 0.841. The molecular formula is C10H12BrClFNO. The fourth-order valence-electron chi connectivity index (χ4n) is 1.21. The maximum atomic E-state index is 13.0. The van der Waals surface area contributed by atoms with Crippen LogP contribution in [0.4, 0.5) is 4.39 Å². The van der Waals surface area contributed by atoms with Gasteiger partial charge in [-0.3, -0.25) is 0 Å². The standard InChI is InChI=1S/C10H11BrFNO.ClH/c1-2-3-8(13)9-6(11)4-5-7(12)10(9)14;/h2,4-5,8,14H,1,3,13H2;1H/t8-;/m1./s1. The number of rotatable bonds is 3. The number of hydrogen-bond donors (Lipinski definition) is 2. The molecule has 1 aromatic carbocycles. The first-order valence-corrected chi connectivity index (χ1v) is 4.90. The first kappa shape index (κ1) is 14.4. The Labute approximate surface area is 103 Å². The molecule has 0 aliphatic rings. The van der Waals surface area contributed by atoms with E-state index in [0.29, 0.717) is 16.5 Å². The van der Waals surface area contributed by atoms with Crippen molar-refractivity contribution in [2.24, 2.45) is 5.73 Å². The maximum Gasteiger partial charge on any atom is 0.165 e. The summed E-state index contributed by atoms with van der Waals surface area (Å²) in [5, 5.41) is 9.46. The molecule has 0 aliphatic carbocycles. The highest BCUT2D eigenvalue weighted by molar-refractivity contribution is 9.10. The molecule has 15 heavy (non-hydrogen) atoms. The molecule has 0 amide bonds. The van der Waals surface area contributed by atoms with Crippen LogP contribution in [0.5, 0.6) is 5.75 Å². The zero-order valence-electron chi connectivity index (χ0n) is 7.91. The third kappa shape index (κ3) is 3.19. The lowest BCUT2D eigenvalue weighted by Crippen LogP contribution is -2.10. The second-order valence-electron chi connectivity index (χ2n) is 2.92. The lowest BCUT2D eigenvalue weighted by atomic mass is 10.0. The molecule has 0 unspecified atom stereocenters. The summed E-state index contributed by atoms with van der Waals surface area (Å²) < 4.78 is 13.6. The molecule has 0 aliphatic heterocycles. The highest BCUT2D eigenvalue weighted by atomic mass is 79.9. The van der Waals surface area contributed by atoms with Crippen LogP contribution in [0.25, 0.3) is 0 Å². The SMILES string of the molecule is C=CC[C@@H](N)c1c(Br)ccc(F)c1O.Cl. The third-order valence-electron chi connectivity index (χ3n) is 1.91. The van der Waals surface area contributed by atoms with Crippen molar-refractivity contribution in [2.75, 3.05) is 0 Å². The van der Waals surface area contributed by atoms with Crippen molar-refractivity contribution in [1.82, 2.24) is 0 Å². The smallest absolute Gasteiger partial charge is 0.165 e. The fraction of sp³-hybridized carbons (Fsp3) is 0.200. The molecule has 3 N–H and O–H groups in total. The monoisotopic (exact) mass is 295 g/mol. The molecule has 1 atom stereocenters. The van der Waals surface area contributed by atoms with Crippen LogP contribution in [0.15, 0.2) is 29.3 Å². The minimum absolute atomic E-state index is 0. The second-order valence-corrected chi connectivity index (χ2v) is 3.78. The molecule has 0 heterocycles. The van der Waals surface area contributed by atoms with Gasteiger partial charge in [0.1, 0.15) is 0 Å². The van der Waals surface area contributed by atoms with Gasteiger partial charge in [-0.2, -0.15) is 0 Å². The van der Waals surface area contributed by atoms with Crippen LogP contribution in [0.3, 0.4) is 0 Å². The van der Waals surface area contributed by atoms with Gasteiger partial charge in [0.05, 0.1) is 0 Å². The molecule has 1 aromatic rings. The van der Waals surface area contributed by atoms with E-state index >= 15 is 0 Å². The van der Waals surface area contributed by atoms with Crippen molar-refractivity contribution in [3.8, 4) is 5.75 Å². The fourth-order valence-corrected chi connectivity index (χ4v) is 1.82. The van der Waals surface area contributed by atoms with E-state index in [1.54, 1.807) is 6.08 Å². The van der Waals surface area contributed by atoms with Gasteiger partial charge in [-0.25, -0.2) is 4.39 Å². The van der Waals surface area contributed by atoms with Gasteiger partial charge in [-0.15, -0.1) is 19.0 Å². The van der Waals surface area contributed by atoms with Crippen molar-refractivity contribution >= 4 is 28.3 Å². The Bertz CT molecular complexity index is 360. The lowest BCUT2D eigenvalue weighted by molar-refractivity contribution is 0.420. The largest absolute Gasteiger partial charge is 0.505 e. The Balaban J connectivity index is 0.00000196. The van der Waals surface area contributed by atoms with E-state index in [1.807, 2.05) is 0 Å². The van der Waals surface area contributed by atoms with E-state index in [0.717, 1.165) is 0 Å². The Morgan fingerprint density at radius 2 is 2.20 bits per heavy atom. The zero-order valence-corrected chi connectivity index (χ0v) is 10.3. The van der Waals surface area contributed by atoms with Crippen molar-refractivity contribution in [3.05, 3.63) is 40.6 Å². The molecule has 1 rings (SSSR count). The summed E-state index contributed by atoms with van der Waals surface area (Å²) in [7, 11) is 0. The van der Waals surface area contributed by atoms with Crippen molar-refractivity contribution in [2.45, 2.75) is 12.5 Å². The summed E-state index contributed by atoms with van der Waals surface area (Å²) in [6, 6.07) is 2.26. The van der Waals surface area contributed by atoms with Crippen molar-refractivity contribution in [1.29, 1.82) is 0 Å². The number of phenols is 1. The molecular weight excluding hydrogens is 284 g/mol. The second kappa shape index (κ2) is 6.10. The van der Waals surface area contributed by atoms with Crippen LogP contribution in [0, 0.1) is 5.82 Å². The van der Waals surface area contributed by atoms with Gasteiger partial charge in [0.25, 0.3) is 0 Å². The van der Waals surface area contributed by atoms with Crippen LogP contribution in [0.2, 0.25) is 0 Å². The van der Waals surface area contributed by atoms with Crippen LogP contribution in [-0.4, -0.2) is 5.11 Å². The number of hydrogen-bond acceptors (Lipinski definition) is 2. The minimum Gasteiger partial charge on any atom is -0.505 e. The molecule has 0 saturated heterocycles. The minimum atomic E-state index is -0.664. The molecule has 5 heteroatoms. The molecule has 0 saturated carbocycles. The van der Waals surface area contributed by atoms with Gasteiger partial charge in [0.15, 0.2) is 11.6 Å². The molecule has 0 bridgehead atoms. The zero-order chi connectivity index (χ0) is 10.7. The highest BCUT2D eigenvalue weighted by Crippen LogP contribution is 2.34. The Morgan fingerprint density at radius 3 is 2.73 bits per heavy atom. The normalized spacial score (nSPS) is 11.7. The van der Waals surface area contributed by atoms with E-state index in [1.165, 1.54) is 12.1 Å². The average molecular weight is 297 g/mol.